The number of aromatic nitrogens is 2. The summed E-state index contributed by atoms with van der Waals surface area (Å²) >= 11 is 0. The van der Waals surface area contributed by atoms with Crippen LogP contribution >= 0.6 is 0 Å². The normalized spacial score (nSPS) is 20.8. The fourth-order valence-corrected chi connectivity index (χ4v) is 3.85. The zero-order chi connectivity index (χ0) is 18.0. The molecule has 0 aromatic carbocycles. The highest BCUT2D eigenvalue weighted by Gasteiger charge is 2.35. The lowest BCUT2D eigenvalue weighted by atomic mass is 9.94. The van der Waals surface area contributed by atoms with E-state index >= 15 is 0 Å². The first kappa shape index (κ1) is 17.6. The van der Waals surface area contributed by atoms with Crippen LogP contribution in [0.2, 0.25) is 0 Å². The summed E-state index contributed by atoms with van der Waals surface area (Å²) in [7, 11) is 4.01. The molecule has 0 bridgehead atoms. The number of hydrogen-bond donors (Lipinski definition) is 0. The maximum absolute atomic E-state index is 12.9. The molecule has 1 saturated heterocycles. The SMILES string of the molecule is CCc1onc(C)c1C(=O)N(C)C[C@@H]1CCN(C)[C@H]1c1cccnc1. The Kier molecular flexibility index (Phi) is 5.18. The van der Waals surface area contributed by atoms with Gasteiger partial charge < -0.3 is 9.42 Å². The second-order valence-corrected chi connectivity index (χ2v) is 6.87. The molecule has 6 heteroatoms. The minimum Gasteiger partial charge on any atom is -0.360 e. The van der Waals surface area contributed by atoms with Crippen LogP contribution in [0, 0.1) is 12.8 Å². The molecule has 0 N–H and O–H groups in total. The topological polar surface area (TPSA) is 62.5 Å². The lowest BCUT2D eigenvalue weighted by Crippen LogP contribution is -2.34. The van der Waals surface area contributed by atoms with Crippen LogP contribution < -0.4 is 0 Å². The van der Waals surface area contributed by atoms with Crippen LogP contribution in [0.4, 0.5) is 0 Å². The molecule has 25 heavy (non-hydrogen) atoms. The molecule has 1 aliphatic heterocycles. The summed E-state index contributed by atoms with van der Waals surface area (Å²) in [4.78, 5) is 21.3. The third-order valence-electron chi connectivity index (χ3n) is 5.12. The van der Waals surface area contributed by atoms with Gasteiger partial charge in [0.2, 0.25) is 0 Å². The van der Waals surface area contributed by atoms with Crippen molar-refractivity contribution in [2.75, 3.05) is 27.2 Å². The van der Waals surface area contributed by atoms with Crippen molar-refractivity contribution in [1.82, 2.24) is 19.9 Å². The molecule has 2 aromatic heterocycles. The minimum atomic E-state index is -0.00455. The van der Waals surface area contributed by atoms with Crippen LogP contribution in [-0.2, 0) is 6.42 Å². The van der Waals surface area contributed by atoms with Gasteiger partial charge in [-0.15, -0.1) is 0 Å². The quantitative estimate of drug-likeness (QED) is 0.836. The highest BCUT2D eigenvalue weighted by Crippen LogP contribution is 2.36. The van der Waals surface area contributed by atoms with Gasteiger partial charge in [-0.1, -0.05) is 18.1 Å². The van der Waals surface area contributed by atoms with Crippen LogP contribution in [0.25, 0.3) is 0 Å². The van der Waals surface area contributed by atoms with Gasteiger partial charge in [-0.2, -0.15) is 0 Å². The summed E-state index contributed by atoms with van der Waals surface area (Å²) in [5.74, 6) is 1.05. The third-order valence-corrected chi connectivity index (χ3v) is 5.12. The predicted molar refractivity (Wildman–Crippen MR) is 95.3 cm³/mol. The Morgan fingerprint density at radius 1 is 1.48 bits per heavy atom. The van der Waals surface area contributed by atoms with Crippen molar-refractivity contribution in [2.45, 2.75) is 32.7 Å². The molecule has 134 valence electrons. The van der Waals surface area contributed by atoms with Gasteiger partial charge >= 0.3 is 0 Å². The van der Waals surface area contributed by atoms with Crippen LogP contribution in [0.15, 0.2) is 29.0 Å². The Labute approximate surface area is 148 Å². The average Bonchev–Trinajstić information content (AvgIpc) is 3.17. The first-order valence-corrected chi connectivity index (χ1v) is 8.83. The van der Waals surface area contributed by atoms with Crippen molar-refractivity contribution in [3.05, 3.63) is 47.1 Å². The van der Waals surface area contributed by atoms with Crippen molar-refractivity contribution in [1.29, 1.82) is 0 Å². The van der Waals surface area contributed by atoms with Crippen molar-refractivity contribution >= 4 is 5.91 Å². The molecule has 3 heterocycles. The molecule has 3 rings (SSSR count). The van der Waals surface area contributed by atoms with Gasteiger partial charge in [-0.3, -0.25) is 14.7 Å². The number of pyridine rings is 1. The van der Waals surface area contributed by atoms with Crippen molar-refractivity contribution < 1.29 is 9.32 Å². The number of rotatable bonds is 5. The van der Waals surface area contributed by atoms with E-state index in [0.29, 0.717) is 35.9 Å². The van der Waals surface area contributed by atoms with E-state index in [1.807, 2.05) is 38.1 Å². The molecule has 6 nitrogen and oxygen atoms in total. The maximum Gasteiger partial charge on any atom is 0.259 e. The van der Waals surface area contributed by atoms with E-state index in [4.69, 9.17) is 4.52 Å². The summed E-state index contributed by atoms with van der Waals surface area (Å²) in [6.07, 6.45) is 5.46. The van der Waals surface area contributed by atoms with E-state index in [9.17, 15) is 4.79 Å². The van der Waals surface area contributed by atoms with Gasteiger partial charge in [0.05, 0.1) is 5.69 Å². The monoisotopic (exact) mass is 342 g/mol. The maximum atomic E-state index is 12.9. The molecule has 0 aliphatic carbocycles. The first-order chi connectivity index (χ1) is 12.0. The van der Waals surface area contributed by atoms with Crippen molar-refractivity contribution in [3.63, 3.8) is 0 Å². The molecule has 0 spiro atoms. The van der Waals surface area contributed by atoms with Gasteiger partial charge in [0.1, 0.15) is 11.3 Å². The van der Waals surface area contributed by atoms with Crippen LogP contribution in [0.5, 0.6) is 0 Å². The van der Waals surface area contributed by atoms with E-state index in [0.717, 1.165) is 13.0 Å². The van der Waals surface area contributed by atoms with Gasteiger partial charge in [0.15, 0.2) is 0 Å². The van der Waals surface area contributed by atoms with E-state index in [1.54, 1.807) is 6.20 Å². The number of amides is 1. The fourth-order valence-electron chi connectivity index (χ4n) is 3.85. The summed E-state index contributed by atoms with van der Waals surface area (Å²) < 4.78 is 5.28. The Balaban J connectivity index is 1.76. The summed E-state index contributed by atoms with van der Waals surface area (Å²) in [5.41, 5.74) is 2.50. The van der Waals surface area contributed by atoms with Gasteiger partial charge in [0.25, 0.3) is 5.91 Å². The zero-order valence-corrected chi connectivity index (χ0v) is 15.4. The largest absolute Gasteiger partial charge is 0.360 e. The van der Waals surface area contributed by atoms with Crippen LogP contribution in [0.1, 0.15) is 46.8 Å². The first-order valence-electron chi connectivity index (χ1n) is 8.83. The van der Waals surface area contributed by atoms with E-state index in [-0.39, 0.29) is 11.9 Å². The number of carbonyl (C=O) groups is 1. The Morgan fingerprint density at radius 2 is 2.28 bits per heavy atom. The highest BCUT2D eigenvalue weighted by atomic mass is 16.5. The van der Waals surface area contributed by atoms with E-state index < -0.39 is 0 Å². The highest BCUT2D eigenvalue weighted by molar-refractivity contribution is 5.96. The molecule has 2 atom stereocenters. The predicted octanol–water partition coefficient (Wildman–Crippen LogP) is 2.71. The van der Waals surface area contributed by atoms with Crippen LogP contribution in [-0.4, -0.2) is 53.0 Å². The Hall–Kier alpha value is -2.21. The van der Waals surface area contributed by atoms with Gasteiger partial charge in [-0.05, 0) is 44.5 Å². The molecular weight excluding hydrogens is 316 g/mol. The Bertz CT molecular complexity index is 728. The molecule has 0 saturated carbocycles. The fraction of sp³-hybridized carbons (Fsp3) is 0.526. The van der Waals surface area contributed by atoms with Crippen molar-refractivity contribution in [2.24, 2.45) is 5.92 Å². The number of nitrogens with zero attached hydrogens (tertiary/aromatic N) is 4. The summed E-state index contributed by atoms with van der Waals surface area (Å²) in [6.45, 7) is 5.53. The van der Waals surface area contributed by atoms with Gasteiger partial charge in [0, 0.05) is 38.4 Å². The molecule has 1 aliphatic rings. The third kappa shape index (κ3) is 3.44. The second-order valence-electron chi connectivity index (χ2n) is 6.87. The Morgan fingerprint density at radius 3 is 2.96 bits per heavy atom. The summed E-state index contributed by atoms with van der Waals surface area (Å²) in [5, 5.41) is 3.96. The number of likely N-dealkylation sites (tertiary alicyclic amines) is 1. The number of aryl methyl sites for hydroxylation is 2. The summed E-state index contributed by atoms with van der Waals surface area (Å²) in [6, 6.07) is 4.38. The van der Waals surface area contributed by atoms with Crippen molar-refractivity contribution in [3.8, 4) is 0 Å². The number of hydrogen-bond acceptors (Lipinski definition) is 5. The molecular formula is C19H26N4O2. The van der Waals surface area contributed by atoms with E-state index in [2.05, 4.69) is 28.2 Å². The second kappa shape index (κ2) is 7.35. The molecule has 0 unspecified atom stereocenters. The zero-order valence-electron chi connectivity index (χ0n) is 15.4. The standard InChI is InChI=1S/C19H26N4O2/c1-5-16-17(13(2)21-25-16)19(24)23(4)12-15-8-10-22(3)18(15)14-7-6-9-20-11-14/h6-7,9,11,15,18H,5,8,10,12H2,1-4H3/t15-,18-/m0/s1. The molecule has 0 radical (unpaired) electrons. The minimum absolute atomic E-state index is 0.00455. The van der Waals surface area contributed by atoms with Crippen LogP contribution in [0.3, 0.4) is 0 Å². The number of carbonyl (C=O) groups excluding carboxylic acids is 1. The molecule has 2 aromatic rings. The smallest absolute Gasteiger partial charge is 0.259 e. The lowest BCUT2D eigenvalue weighted by molar-refractivity contribution is 0.0758. The average molecular weight is 342 g/mol. The van der Waals surface area contributed by atoms with E-state index in [1.165, 1.54) is 5.56 Å². The molecule has 1 fully saturated rings. The van der Waals surface area contributed by atoms with Gasteiger partial charge in [-0.25, -0.2) is 0 Å². The molecule has 1 amide bonds. The lowest BCUT2D eigenvalue weighted by Gasteiger charge is -2.28.